The van der Waals surface area contributed by atoms with Crippen LogP contribution in [0.2, 0.25) is 0 Å². The number of unbranched alkanes of at least 4 members (excludes halogenated alkanes) is 1. The number of nitrogens with zero attached hydrogens (tertiary/aromatic N) is 2. The third kappa shape index (κ3) is 4.48. The molecule has 19 heavy (non-hydrogen) atoms. The first kappa shape index (κ1) is 15.9. The van der Waals surface area contributed by atoms with Crippen LogP contribution in [0.3, 0.4) is 0 Å². The largest absolute Gasteiger partial charge is 0.292 e. The van der Waals surface area contributed by atoms with Gasteiger partial charge in [-0.05, 0) is 25.3 Å². The summed E-state index contributed by atoms with van der Waals surface area (Å²) in [5, 5.41) is 4.46. The molecule has 0 bridgehead atoms. The van der Waals surface area contributed by atoms with Crippen LogP contribution in [0.5, 0.6) is 0 Å². The summed E-state index contributed by atoms with van der Waals surface area (Å²) in [6.07, 6.45) is 6.24. The molecule has 1 unspecified atom stereocenters. The van der Waals surface area contributed by atoms with Crippen LogP contribution in [0.1, 0.15) is 76.0 Å². The highest BCUT2D eigenvalue weighted by Crippen LogP contribution is 2.20. The minimum absolute atomic E-state index is 0.261. The quantitative estimate of drug-likeness (QED) is 0.625. The number of rotatable bonds is 9. The van der Waals surface area contributed by atoms with Gasteiger partial charge in [0.2, 0.25) is 0 Å². The predicted molar refractivity (Wildman–Crippen MR) is 79.5 cm³/mol. The summed E-state index contributed by atoms with van der Waals surface area (Å²) in [7, 11) is 0. The van der Waals surface area contributed by atoms with Crippen molar-refractivity contribution in [2.75, 3.05) is 0 Å². The average molecular weight is 264 g/mol. The predicted octanol–water partition coefficient (Wildman–Crippen LogP) is 4.25. The number of aromatic nitrogens is 2. The highest BCUT2D eigenvalue weighted by atomic mass is 16.1. The third-order valence-corrected chi connectivity index (χ3v) is 3.80. The summed E-state index contributed by atoms with van der Waals surface area (Å²) in [5.41, 5.74) is 1.82. The van der Waals surface area contributed by atoms with E-state index in [1.54, 1.807) is 0 Å². The highest BCUT2D eigenvalue weighted by molar-refractivity contribution is 5.94. The van der Waals surface area contributed by atoms with Crippen molar-refractivity contribution >= 4 is 5.78 Å². The van der Waals surface area contributed by atoms with Gasteiger partial charge < -0.3 is 0 Å². The summed E-state index contributed by atoms with van der Waals surface area (Å²) in [5.74, 6) is 0.787. The van der Waals surface area contributed by atoms with Crippen LogP contribution in [0, 0.1) is 5.92 Å². The lowest BCUT2D eigenvalue weighted by Crippen LogP contribution is -2.13. The molecule has 0 spiro atoms. The molecule has 0 amide bonds. The summed E-state index contributed by atoms with van der Waals surface area (Å²) < 4.78 is 1.85. The molecule has 0 saturated carbocycles. The number of carbonyl (C=O) groups excluding carboxylic acids is 1. The van der Waals surface area contributed by atoms with Gasteiger partial charge in [-0.2, -0.15) is 5.10 Å². The topological polar surface area (TPSA) is 34.9 Å². The van der Waals surface area contributed by atoms with Gasteiger partial charge in [0.15, 0.2) is 5.78 Å². The molecule has 3 heteroatoms. The molecule has 0 aromatic carbocycles. The van der Waals surface area contributed by atoms with Crippen molar-refractivity contribution in [2.24, 2.45) is 5.92 Å². The Balaban J connectivity index is 2.73. The number of carbonyl (C=O) groups is 1. The first-order chi connectivity index (χ1) is 9.15. The summed E-state index contributed by atoms with van der Waals surface area (Å²) in [4.78, 5) is 12.4. The van der Waals surface area contributed by atoms with Gasteiger partial charge in [-0.3, -0.25) is 9.48 Å². The fourth-order valence-electron chi connectivity index (χ4n) is 2.42. The molecule has 108 valence electrons. The first-order valence-electron chi connectivity index (χ1n) is 7.76. The average Bonchev–Trinajstić information content (AvgIpc) is 2.86. The van der Waals surface area contributed by atoms with Gasteiger partial charge in [0, 0.05) is 13.0 Å². The van der Waals surface area contributed by atoms with Crippen molar-refractivity contribution < 1.29 is 4.79 Å². The lowest BCUT2D eigenvalue weighted by molar-refractivity contribution is 0.0946. The lowest BCUT2D eigenvalue weighted by atomic mass is 9.93. The van der Waals surface area contributed by atoms with Crippen LogP contribution in [0.15, 0.2) is 6.07 Å². The maximum absolute atomic E-state index is 12.4. The normalized spacial score (nSPS) is 12.6. The van der Waals surface area contributed by atoms with Gasteiger partial charge in [-0.25, -0.2) is 0 Å². The van der Waals surface area contributed by atoms with Crippen molar-refractivity contribution in [3.8, 4) is 0 Å². The summed E-state index contributed by atoms with van der Waals surface area (Å²) in [6, 6.07) is 1.97. The molecule has 0 aliphatic carbocycles. The Morgan fingerprint density at radius 3 is 2.58 bits per heavy atom. The second kappa shape index (κ2) is 8.13. The Hall–Kier alpha value is -1.12. The number of aryl methyl sites for hydroxylation is 2. The standard InChI is InChI=1S/C16H28N2O/c1-5-9-10-13(6-2)11-16(19)15-12-14(7-3)17-18(15)8-4/h12-13H,5-11H2,1-4H3. The van der Waals surface area contributed by atoms with E-state index in [2.05, 4.69) is 25.9 Å². The molecule has 0 saturated heterocycles. The molecule has 0 aliphatic heterocycles. The van der Waals surface area contributed by atoms with Gasteiger partial charge in [0.1, 0.15) is 5.69 Å². The van der Waals surface area contributed by atoms with Gasteiger partial charge in [-0.1, -0.05) is 46.5 Å². The van der Waals surface area contributed by atoms with E-state index in [4.69, 9.17) is 0 Å². The molecule has 1 atom stereocenters. The Kier molecular flexibility index (Phi) is 6.82. The van der Waals surface area contributed by atoms with Crippen molar-refractivity contribution in [1.29, 1.82) is 0 Å². The van der Waals surface area contributed by atoms with E-state index < -0.39 is 0 Å². The molecule has 1 aromatic rings. The highest BCUT2D eigenvalue weighted by Gasteiger charge is 2.18. The second-order valence-corrected chi connectivity index (χ2v) is 5.23. The Bertz CT molecular complexity index is 395. The van der Waals surface area contributed by atoms with Crippen molar-refractivity contribution in [3.05, 3.63) is 17.5 Å². The van der Waals surface area contributed by atoms with Crippen LogP contribution in [-0.4, -0.2) is 15.6 Å². The number of ketones is 1. The van der Waals surface area contributed by atoms with Crippen molar-refractivity contribution in [1.82, 2.24) is 9.78 Å². The van der Waals surface area contributed by atoms with E-state index >= 15 is 0 Å². The second-order valence-electron chi connectivity index (χ2n) is 5.23. The fourth-order valence-corrected chi connectivity index (χ4v) is 2.42. The Labute approximate surface area is 117 Å². The molecule has 0 aliphatic rings. The van der Waals surface area contributed by atoms with Crippen LogP contribution in [-0.2, 0) is 13.0 Å². The number of hydrogen-bond donors (Lipinski definition) is 0. The molecule has 1 aromatic heterocycles. The van der Waals surface area contributed by atoms with E-state index in [1.807, 2.05) is 17.7 Å². The van der Waals surface area contributed by atoms with Crippen LogP contribution < -0.4 is 0 Å². The van der Waals surface area contributed by atoms with Crippen LogP contribution in [0.25, 0.3) is 0 Å². The van der Waals surface area contributed by atoms with E-state index in [0.717, 1.165) is 30.8 Å². The van der Waals surface area contributed by atoms with Gasteiger partial charge >= 0.3 is 0 Å². The molecule has 0 fully saturated rings. The molecule has 1 rings (SSSR count). The van der Waals surface area contributed by atoms with E-state index in [1.165, 1.54) is 19.3 Å². The Morgan fingerprint density at radius 1 is 1.32 bits per heavy atom. The smallest absolute Gasteiger partial charge is 0.181 e. The molecule has 1 heterocycles. The molecule has 3 nitrogen and oxygen atoms in total. The first-order valence-corrected chi connectivity index (χ1v) is 7.76. The minimum Gasteiger partial charge on any atom is -0.292 e. The van der Waals surface area contributed by atoms with E-state index in [0.29, 0.717) is 12.3 Å². The monoisotopic (exact) mass is 264 g/mol. The molecule has 0 N–H and O–H groups in total. The lowest BCUT2D eigenvalue weighted by Gasteiger charge is -2.13. The molecular formula is C16H28N2O. The minimum atomic E-state index is 0.261. The Morgan fingerprint density at radius 2 is 2.05 bits per heavy atom. The molecular weight excluding hydrogens is 236 g/mol. The SMILES string of the molecule is CCCCC(CC)CC(=O)c1cc(CC)nn1CC. The third-order valence-electron chi connectivity index (χ3n) is 3.80. The van der Waals surface area contributed by atoms with Gasteiger partial charge in [-0.15, -0.1) is 0 Å². The van der Waals surface area contributed by atoms with Crippen LogP contribution >= 0.6 is 0 Å². The summed E-state index contributed by atoms with van der Waals surface area (Å²) in [6.45, 7) is 9.27. The van der Waals surface area contributed by atoms with Gasteiger partial charge in [0.25, 0.3) is 0 Å². The fraction of sp³-hybridized carbons (Fsp3) is 0.750. The van der Waals surface area contributed by atoms with Gasteiger partial charge in [0.05, 0.1) is 5.69 Å². The van der Waals surface area contributed by atoms with E-state index in [-0.39, 0.29) is 5.78 Å². The zero-order valence-corrected chi connectivity index (χ0v) is 12.9. The number of Topliss-reactive ketones (excluding diaryl/α,β-unsaturated/α-hetero) is 1. The zero-order chi connectivity index (χ0) is 14.3. The van der Waals surface area contributed by atoms with Crippen LogP contribution in [0.4, 0.5) is 0 Å². The van der Waals surface area contributed by atoms with Crippen molar-refractivity contribution in [2.45, 2.75) is 72.8 Å². The maximum atomic E-state index is 12.4. The van der Waals surface area contributed by atoms with Crippen molar-refractivity contribution in [3.63, 3.8) is 0 Å². The number of hydrogen-bond acceptors (Lipinski definition) is 2. The molecule has 0 radical (unpaired) electrons. The zero-order valence-electron chi connectivity index (χ0n) is 12.9. The maximum Gasteiger partial charge on any atom is 0.181 e. The summed E-state index contributed by atoms with van der Waals surface area (Å²) >= 11 is 0. The van der Waals surface area contributed by atoms with E-state index in [9.17, 15) is 4.79 Å².